The van der Waals surface area contributed by atoms with E-state index in [1.165, 1.54) is 83.5 Å². The van der Waals surface area contributed by atoms with Gasteiger partial charge in [0.1, 0.15) is 11.3 Å². The van der Waals surface area contributed by atoms with Crippen molar-refractivity contribution in [2.24, 2.45) is 0 Å². The topological polar surface area (TPSA) is 80.5 Å². The van der Waals surface area contributed by atoms with Crippen LogP contribution in [0.25, 0.3) is 11.2 Å². The molecule has 5 heteroatoms. The van der Waals surface area contributed by atoms with Crippen molar-refractivity contribution in [2.75, 3.05) is 5.73 Å². The van der Waals surface area contributed by atoms with Crippen LogP contribution >= 0.6 is 0 Å². The number of nitrogens with zero attached hydrogens (tertiary/aromatic N) is 3. The summed E-state index contributed by atoms with van der Waals surface area (Å²) in [4.78, 5) is 16.0. The fourth-order valence-electron chi connectivity index (χ4n) is 3.49. The molecule has 5 nitrogen and oxygen atoms in total. The second-order valence-electron chi connectivity index (χ2n) is 7.47. The molecule has 0 unspecified atom stereocenters. The van der Waals surface area contributed by atoms with Gasteiger partial charge in [-0.2, -0.15) is 0 Å². The minimum atomic E-state index is 0.507. The number of aromatic nitrogens is 4. The number of unbranched alkanes of at least 4 members (excludes halogenated alkanes) is 13. The first-order chi connectivity index (χ1) is 12.8. The lowest BCUT2D eigenvalue weighted by Crippen LogP contribution is -2.01. The minimum Gasteiger partial charge on any atom is -0.382 e. The van der Waals surface area contributed by atoms with Crippen molar-refractivity contribution in [3.05, 3.63) is 12.2 Å². The number of hydrogen-bond donors (Lipinski definition) is 2. The minimum absolute atomic E-state index is 0.507. The van der Waals surface area contributed by atoms with Crippen LogP contribution in [0.3, 0.4) is 0 Å². The summed E-state index contributed by atoms with van der Waals surface area (Å²) in [7, 11) is 0. The number of aryl methyl sites for hydroxylation is 1. The van der Waals surface area contributed by atoms with Gasteiger partial charge in [-0.1, -0.05) is 90.4 Å². The molecule has 0 radical (unpaired) electrons. The fourth-order valence-corrected chi connectivity index (χ4v) is 3.49. The molecule has 146 valence electrons. The standard InChI is InChI=1S/C21H37N5/c1-2-3-4-5-6-7-8-9-10-11-12-13-14-15-16-18-25-20(22)19-21(26-18)24-17-23-19/h17H,2-16H2,1H3,(H3,22,23,24,25,26). The smallest absolute Gasteiger partial charge is 0.183 e. The molecule has 0 aliphatic heterocycles. The zero-order valence-electron chi connectivity index (χ0n) is 16.6. The Balaban J connectivity index is 1.41. The summed E-state index contributed by atoms with van der Waals surface area (Å²) in [6, 6.07) is 0. The van der Waals surface area contributed by atoms with Crippen LogP contribution in [0.2, 0.25) is 0 Å². The van der Waals surface area contributed by atoms with Gasteiger partial charge in [-0.05, 0) is 6.42 Å². The molecule has 0 saturated carbocycles. The molecule has 3 N–H and O–H groups in total. The first-order valence-electron chi connectivity index (χ1n) is 10.8. The molecule has 0 amide bonds. The predicted molar refractivity (Wildman–Crippen MR) is 110 cm³/mol. The Bertz CT molecular complexity index is 607. The van der Waals surface area contributed by atoms with Gasteiger partial charge in [-0.25, -0.2) is 15.0 Å². The number of imidazole rings is 1. The summed E-state index contributed by atoms with van der Waals surface area (Å²) < 4.78 is 0. The Morgan fingerprint density at radius 3 is 1.88 bits per heavy atom. The van der Waals surface area contributed by atoms with Gasteiger partial charge in [0.25, 0.3) is 0 Å². The average molecular weight is 360 g/mol. The maximum atomic E-state index is 5.93. The molecule has 2 heterocycles. The van der Waals surface area contributed by atoms with E-state index in [0.717, 1.165) is 24.2 Å². The van der Waals surface area contributed by atoms with Crippen molar-refractivity contribution in [1.82, 2.24) is 19.9 Å². The highest BCUT2D eigenvalue weighted by Gasteiger charge is 2.06. The summed E-state index contributed by atoms with van der Waals surface area (Å²) in [5.41, 5.74) is 7.35. The highest BCUT2D eigenvalue weighted by molar-refractivity contribution is 5.80. The van der Waals surface area contributed by atoms with Gasteiger partial charge < -0.3 is 10.7 Å². The number of hydrogen-bond acceptors (Lipinski definition) is 4. The lowest BCUT2D eigenvalue weighted by Gasteiger charge is -2.04. The number of fused-ring (bicyclic) bond motifs is 1. The molecule has 26 heavy (non-hydrogen) atoms. The van der Waals surface area contributed by atoms with Crippen molar-refractivity contribution in [1.29, 1.82) is 0 Å². The molecule has 2 aromatic heterocycles. The van der Waals surface area contributed by atoms with Crippen molar-refractivity contribution in [3.63, 3.8) is 0 Å². The molecule has 0 saturated heterocycles. The summed E-state index contributed by atoms with van der Waals surface area (Å²) in [6.45, 7) is 2.28. The third-order valence-electron chi connectivity index (χ3n) is 5.11. The van der Waals surface area contributed by atoms with E-state index in [9.17, 15) is 0 Å². The van der Waals surface area contributed by atoms with Crippen molar-refractivity contribution >= 4 is 17.0 Å². The molecule has 0 bridgehead atoms. The first-order valence-corrected chi connectivity index (χ1v) is 10.8. The fraction of sp³-hybridized carbons (Fsp3) is 0.762. The third-order valence-corrected chi connectivity index (χ3v) is 5.11. The van der Waals surface area contributed by atoms with E-state index in [-0.39, 0.29) is 0 Å². The van der Waals surface area contributed by atoms with Crippen LogP contribution in [0.4, 0.5) is 5.82 Å². The van der Waals surface area contributed by atoms with E-state index >= 15 is 0 Å². The predicted octanol–water partition coefficient (Wildman–Crippen LogP) is 5.96. The lowest BCUT2D eigenvalue weighted by molar-refractivity contribution is 0.534. The van der Waals surface area contributed by atoms with Gasteiger partial charge in [0, 0.05) is 6.42 Å². The molecule has 0 aliphatic rings. The van der Waals surface area contributed by atoms with Crippen molar-refractivity contribution in [2.45, 2.75) is 103 Å². The first kappa shape index (κ1) is 20.7. The number of nitrogens with one attached hydrogen (secondary N) is 1. The Labute approximate surface area is 158 Å². The number of anilines is 1. The monoisotopic (exact) mass is 359 g/mol. The normalized spacial score (nSPS) is 11.4. The van der Waals surface area contributed by atoms with Crippen LogP contribution in [0.1, 0.15) is 103 Å². The lowest BCUT2D eigenvalue weighted by atomic mass is 10.0. The summed E-state index contributed by atoms with van der Waals surface area (Å²) >= 11 is 0. The highest BCUT2D eigenvalue weighted by atomic mass is 15.0. The Hall–Kier alpha value is -1.65. The molecule has 2 aromatic rings. The molecule has 0 atom stereocenters. The van der Waals surface area contributed by atoms with Crippen molar-refractivity contribution in [3.8, 4) is 0 Å². The summed E-state index contributed by atoms with van der Waals surface area (Å²) in [6.07, 6.45) is 21.7. The van der Waals surface area contributed by atoms with Crippen LogP contribution in [0.5, 0.6) is 0 Å². The van der Waals surface area contributed by atoms with E-state index in [2.05, 4.69) is 26.9 Å². The molecule has 0 spiro atoms. The number of aromatic amines is 1. The second kappa shape index (κ2) is 12.7. The van der Waals surface area contributed by atoms with E-state index in [1.54, 1.807) is 6.33 Å². The maximum absolute atomic E-state index is 5.93. The molecular weight excluding hydrogens is 322 g/mol. The average Bonchev–Trinajstić information content (AvgIpc) is 3.11. The van der Waals surface area contributed by atoms with Crippen LogP contribution < -0.4 is 5.73 Å². The van der Waals surface area contributed by atoms with Crippen LogP contribution in [0.15, 0.2) is 6.33 Å². The van der Waals surface area contributed by atoms with Gasteiger partial charge in [-0.15, -0.1) is 0 Å². The Kier molecular flexibility index (Phi) is 10.1. The quantitative estimate of drug-likeness (QED) is 0.384. The largest absolute Gasteiger partial charge is 0.382 e. The van der Waals surface area contributed by atoms with Crippen molar-refractivity contribution < 1.29 is 0 Å². The molecule has 0 aliphatic carbocycles. The molecule has 0 fully saturated rings. The summed E-state index contributed by atoms with van der Waals surface area (Å²) in [5.74, 6) is 1.33. The second-order valence-corrected chi connectivity index (χ2v) is 7.47. The number of nitrogens with two attached hydrogens (primary N) is 1. The van der Waals surface area contributed by atoms with E-state index in [0.29, 0.717) is 11.5 Å². The summed E-state index contributed by atoms with van der Waals surface area (Å²) in [5, 5.41) is 0. The maximum Gasteiger partial charge on any atom is 0.183 e. The van der Waals surface area contributed by atoms with Crippen LogP contribution in [-0.2, 0) is 6.42 Å². The number of H-pyrrole nitrogens is 1. The zero-order valence-corrected chi connectivity index (χ0v) is 16.6. The third kappa shape index (κ3) is 7.71. The number of rotatable bonds is 15. The van der Waals surface area contributed by atoms with Gasteiger partial charge >= 0.3 is 0 Å². The zero-order chi connectivity index (χ0) is 18.5. The highest BCUT2D eigenvalue weighted by Crippen LogP contribution is 2.16. The molecular formula is C21H37N5. The van der Waals surface area contributed by atoms with E-state index < -0.39 is 0 Å². The Morgan fingerprint density at radius 1 is 0.769 bits per heavy atom. The van der Waals surface area contributed by atoms with Gasteiger partial charge in [-0.3, -0.25) is 0 Å². The SMILES string of the molecule is CCCCCCCCCCCCCCCCc1nc(N)c2[nH]cnc2n1. The van der Waals surface area contributed by atoms with E-state index in [4.69, 9.17) is 5.73 Å². The van der Waals surface area contributed by atoms with Gasteiger partial charge in [0.05, 0.1) is 6.33 Å². The number of nitrogen functional groups attached to an aromatic ring is 1. The van der Waals surface area contributed by atoms with Crippen LogP contribution in [-0.4, -0.2) is 19.9 Å². The Morgan fingerprint density at radius 2 is 1.31 bits per heavy atom. The molecule has 2 rings (SSSR count). The van der Waals surface area contributed by atoms with Gasteiger partial charge in [0.15, 0.2) is 11.5 Å². The van der Waals surface area contributed by atoms with Crippen LogP contribution in [0, 0.1) is 0 Å². The molecule has 0 aromatic carbocycles. The van der Waals surface area contributed by atoms with Gasteiger partial charge in [0.2, 0.25) is 0 Å². The van der Waals surface area contributed by atoms with E-state index in [1.807, 2.05) is 0 Å².